The van der Waals surface area contributed by atoms with Crippen molar-refractivity contribution in [3.05, 3.63) is 83.4 Å². The van der Waals surface area contributed by atoms with Gasteiger partial charge < -0.3 is 29.7 Å². The number of carbonyl (C=O) groups excluding carboxylic acids is 2. The normalized spacial score (nSPS) is 12.5. The zero-order chi connectivity index (χ0) is 33.6. The van der Waals surface area contributed by atoms with Gasteiger partial charge in [0.1, 0.15) is 12.4 Å². The molecule has 46 heavy (non-hydrogen) atoms. The molecule has 3 aromatic rings. The van der Waals surface area contributed by atoms with Crippen molar-refractivity contribution in [3.8, 4) is 5.75 Å². The Morgan fingerprint density at radius 2 is 1.50 bits per heavy atom. The Balaban J connectivity index is 1.71. The second-order valence-corrected chi connectivity index (χ2v) is 12.9. The maximum absolute atomic E-state index is 13.2. The number of nitrogens with zero attached hydrogens (tertiary/aromatic N) is 1. The van der Waals surface area contributed by atoms with Crippen LogP contribution in [-0.2, 0) is 20.9 Å². The Labute approximate surface area is 275 Å². The molecule has 0 saturated carbocycles. The molecule has 0 spiro atoms. The second kappa shape index (κ2) is 18.2. The molecular formula is C38H53N3O5. The van der Waals surface area contributed by atoms with Gasteiger partial charge in [-0.15, -0.1) is 0 Å². The minimum absolute atomic E-state index is 0.0681. The molecule has 8 heteroatoms. The summed E-state index contributed by atoms with van der Waals surface area (Å²) >= 11 is 0. The third kappa shape index (κ3) is 12.0. The number of esters is 1. The molecule has 0 saturated heterocycles. The van der Waals surface area contributed by atoms with Gasteiger partial charge in [-0.05, 0) is 85.5 Å². The number of benzene rings is 3. The summed E-state index contributed by atoms with van der Waals surface area (Å²) in [4.78, 5) is 28.5. The lowest BCUT2D eigenvalue weighted by Crippen LogP contribution is -2.32. The number of rotatable bonds is 17. The number of aryl methyl sites for hydroxylation is 1. The van der Waals surface area contributed by atoms with Gasteiger partial charge in [-0.25, -0.2) is 4.79 Å². The van der Waals surface area contributed by atoms with Crippen LogP contribution in [0.2, 0.25) is 0 Å². The minimum atomic E-state index is -0.313. The van der Waals surface area contributed by atoms with Crippen molar-refractivity contribution < 1.29 is 23.8 Å². The number of ether oxygens (including phenoxy) is 3. The first-order chi connectivity index (χ1) is 22.0. The van der Waals surface area contributed by atoms with E-state index < -0.39 is 0 Å². The van der Waals surface area contributed by atoms with Gasteiger partial charge in [-0.3, -0.25) is 4.79 Å². The lowest BCUT2D eigenvalue weighted by Gasteiger charge is -2.31. The molecule has 0 radical (unpaired) electrons. The third-order valence-electron chi connectivity index (χ3n) is 7.64. The van der Waals surface area contributed by atoms with Crippen molar-refractivity contribution in [2.45, 2.75) is 79.9 Å². The van der Waals surface area contributed by atoms with E-state index in [9.17, 15) is 9.59 Å². The number of hydrogen-bond acceptors (Lipinski definition) is 6. The average molecular weight is 632 g/mol. The van der Waals surface area contributed by atoms with Crippen molar-refractivity contribution in [2.75, 3.05) is 42.3 Å². The Morgan fingerprint density at radius 3 is 2.09 bits per heavy atom. The zero-order valence-electron chi connectivity index (χ0n) is 28.9. The lowest BCUT2D eigenvalue weighted by atomic mass is 9.92. The molecule has 0 aliphatic carbocycles. The van der Waals surface area contributed by atoms with Gasteiger partial charge in [0.2, 0.25) is 0 Å². The van der Waals surface area contributed by atoms with Crippen LogP contribution in [0.5, 0.6) is 5.75 Å². The topological polar surface area (TPSA) is 89.1 Å². The monoisotopic (exact) mass is 631 g/mol. The summed E-state index contributed by atoms with van der Waals surface area (Å²) in [5.74, 6) is 1.33. The van der Waals surface area contributed by atoms with Crippen LogP contribution >= 0.6 is 0 Å². The molecule has 2 amide bonds. The summed E-state index contributed by atoms with van der Waals surface area (Å²) in [6.07, 6.45) is 0.730. The molecule has 0 aliphatic rings. The lowest BCUT2D eigenvalue weighted by molar-refractivity contribution is -0.148. The highest BCUT2D eigenvalue weighted by Gasteiger charge is 2.21. The summed E-state index contributed by atoms with van der Waals surface area (Å²) in [5.41, 5.74) is 5.52. The van der Waals surface area contributed by atoms with E-state index in [-0.39, 0.29) is 37.0 Å². The van der Waals surface area contributed by atoms with E-state index in [4.69, 9.17) is 14.2 Å². The van der Waals surface area contributed by atoms with Crippen molar-refractivity contribution in [3.63, 3.8) is 0 Å². The first-order valence-electron chi connectivity index (χ1n) is 16.4. The molecule has 0 aliphatic heterocycles. The van der Waals surface area contributed by atoms with Gasteiger partial charge in [0.15, 0.2) is 0 Å². The van der Waals surface area contributed by atoms with E-state index in [1.54, 1.807) is 7.11 Å². The fourth-order valence-electron chi connectivity index (χ4n) is 5.23. The molecule has 2 N–H and O–H groups in total. The van der Waals surface area contributed by atoms with E-state index in [0.29, 0.717) is 18.4 Å². The highest BCUT2D eigenvalue weighted by atomic mass is 16.6. The van der Waals surface area contributed by atoms with Crippen LogP contribution in [0, 0.1) is 18.8 Å². The first-order valence-corrected chi connectivity index (χ1v) is 16.4. The summed E-state index contributed by atoms with van der Waals surface area (Å²) in [7, 11) is 1.64. The molecule has 2 unspecified atom stereocenters. The maximum atomic E-state index is 13.2. The Hall–Kier alpha value is -4.04. The van der Waals surface area contributed by atoms with E-state index >= 15 is 0 Å². The standard InChI is InChI=1S/C38H53N3O5/c1-9-31(21-37(42)46-24-29(7)45-25-30-12-17-34(44-8)18-13-30)32-14-19-36(41(22-26(2)3)23-27(4)5)35(20-32)40-38(43)39-33-15-10-28(6)11-16-33/h10-20,26-27,29,31H,9,21-25H2,1-8H3,(H2,39,40,43). The predicted octanol–water partition coefficient (Wildman–Crippen LogP) is 8.80. The number of amides is 2. The quantitative estimate of drug-likeness (QED) is 0.145. The number of urea groups is 1. The van der Waals surface area contributed by atoms with Gasteiger partial charge in [-0.2, -0.15) is 0 Å². The number of carbonyl (C=O) groups is 2. The molecule has 3 aromatic carbocycles. The van der Waals surface area contributed by atoms with Gasteiger partial charge in [0, 0.05) is 18.8 Å². The van der Waals surface area contributed by atoms with E-state index in [0.717, 1.165) is 59.0 Å². The predicted molar refractivity (Wildman–Crippen MR) is 188 cm³/mol. The Kier molecular flexibility index (Phi) is 14.4. The SMILES string of the molecule is CCC(CC(=O)OCC(C)OCc1ccc(OC)cc1)c1ccc(N(CC(C)C)CC(C)C)c(NC(=O)Nc2ccc(C)cc2)c1. The van der Waals surface area contributed by atoms with Crippen molar-refractivity contribution in [1.29, 1.82) is 0 Å². The van der Waals surface area contributed by atoms with Crippen LogP contribution in [0.1, 0.15) is 77.0 Å². The van der Waals surface area contributed by atoms with E-state index in [2.05, 4.69) is 62.3 Å². The fourth-order valence-corrected chi connectivity index (χ4v) is 5.23. The smallest absolute Gasteiger partial charge is 0.323 e. The Bertz CT molecular complexity index is 1360. The van der Waals surface area contributed by atoms with Gasteiger partial charge in [0.25, 0.3) is 0 Å². The van der Waals surface area contributed by atoms with Crippen LogP contribution in [0.15, 0.2) is 66.7 Å². The fraction of sp³-hybridized carbons (Fsp3) is 0.474. The number of nitrogens with one attached hydrogen (secondary N) is 2. The summed E-state index contributed by atoms with van der Waals surface area (Å²) in [5, 5.41) is 6.07. The van der Waals surface area contributed by atoms with Crippen molar-refractivity contribution >= 4 is 29.1 Å². The summed E-state index contributed by atoms with van der Waals surface area (Å²) in [6, 6.07) is 21.3. The van der Waals surface area contributed by atoms with Crippen LogP contribution in [0.3, 0.4) is 0 Å². The minimum Gasteiger partial charge on any atom is -0.497 e. The second-order valence-electron chi connectivity index (χ2n) is 12.9. The third-order valence-corrected chi connectivity index (χ3v) is 7.64. The number of anilines is 3. The zero-order valence-corrected chi connectivity index (χ0v) is 28.9. The van der Waals surface area contributed by atoms with Crippen LogP contribution in [0.25, 0.3) is 0 Å². The molecule has 250 valence electrons. The Morgan fingerprint density at radius 1 is 0.848 bits per heavy atom. The van der Waals surface area contributed by atoms with Gasteiger partial charge in [0.05, 0.1) is 37.6 Å². The average Bonchev–Trinajstić information content (AvgIpc) is 3.02. The van der Waals surface area contributed by atoms with E-state index in [1.165, 1.54) is 0 Å². The molecule has 0 aromatic heterocycles. The molecule has 8 nitrogen and oxygen atoms in total. The molecule has 0 fully saturated rings. The van der Waals surface area contributed by atoms with Crippen LogP contribution in [-0.4, -0.2) is 44.9 Å². The van der Waals surface area contributed by atoms with Crippen LogP contribution < -0.4 is 20.3 Å². The number of hydrogen-bond donors (Lipinski definition) is 2. The highest BCUT2D eigenvalue weighted by molar-refractivity contribution is 6.02. The number of methoxy groups -OCH3 is 1. The largest absolute Gasteiger partial charge is 0.497 e. The van der Waals surface area contributed by atoms with Gasteiger partial charge in [-0.1, -0.05) is 70.5 Å². The molecule has 3 rings (SSSR count). The molecule has 2 atom stereocenters. The molecular weight excluding hydrogens is 578 g/mol. The van der Waals surface area contributed by atoms with E-state index in [1.807, 2.05) is 68.4 Å². The maximum Gasteiger partial charge on any atom is 0.323 e. The first kappa shape index (κ1) is 36.4. The van der Waals surface area contributed by atoms with Crippen molar-refractivity contribution in [2.24, 2.45) is 11.8 Å². The summed E-state index contributed by atoms with van der Waals surface area (Å²) in [6.45, 7) is 17.1. The van der Waals surface area contributed by atoms with Crippen LogP contribution in [0.4, 0.5) is 21.9 Å². The highest BCUT2D eigenvalue weighted by Crippen LogP contribution is 2.34. The molecule has 0 heterocycles. The summed E-state index contributed by atoms with van der Waals surface area (Å²) < 4.78 is 16.7. The van der Waals surface area contributed by atoms with Gasteiger partial charge >= 0.3 is 12.0 Å². The molecule has 0 bridgehead atoms. The van der Waals surface area contributed by atoms with Crippen molar-refractivity contribution in [1.82, 2.24) is 0 Å².